The van der Waals surface area contributed by atoms with Gasteiger partial charge in [0.15, 0.2) is 0 Å². The van der Waals surface area contributed by atoms with Crippen LogP contribution in [0.3, 0.4) is 0 Å². The summed E-state index contributed by atoms with van der Waals surface area (Å²) in [6.45, 7) is 2.81. The summed E-state index contributed by atoms with van der Waals surface area (Å²) in [5.41, 5.74) is 0. The van der Waals surface area contributed by atoms with Crippen molar-refractivity contribution in [2.45, 2.75) is 31.6 Å². The molecule has 138 valence electrons. The van der Waals surface area contributed by atoms with Crippen molar-refractivity contribution in [3.63, 3.8) is 0 Å². The second-order valence-corrected chi connectivity index (χ2v) is 6.41. The summed E-state index contributed by atoms with van der Waals surface area (Å²) in [6.07, 6.45) is -3.20. The minimum atomic E-state index is -4.47. The molecular formula is C16H20F3N3O3. The molecule has 1 N–H and O–H groups in total. The maximum absolute atomic E-state index is 12.7. The molecule has 0 aliphatic carbocycles. The van der Waals surface area contributed by atoms with Crippen LogP contribution in [0.2, 0.25) is 0 Å². The van der Waals surface area contributed by atoms with Gasteiger partial charge in [-0.05, 0) is 25.0 Å². The number of carbonyl (C=O) groups excluding carboxylic acids is 2. The van der Waals surface area contributed by atoms with Gasteiger partial charge in [-0.3, -0.25) is 14.5 Å². The van der Waals surface area contributed by atoms with Crippen LogP contribution >= 0.6 is 0 Å². The largest absolute Gasteiger partial charge is 0.468 e. The molecule has 2 atom stereocenters. The summed E-state index contributed by atoms with van der Waals surface area (Å²) in [6, 6.07) is 1.83. The monoisotopic (exact) mass is 359 g/mol. The van der Waals surface area contributed by atoms with Crippen molar-refractivity contribution < 1.29 is 27.2 Å². The lowest BCUT2D eigenvalue weighted by molar-refractivity contribution is -0.172. The molecule has 0 spiro atoms. The molecule has 9 heteroatoms. The highest BCUT2D eigenvalue weighted by Crippen LogP contribution is 2.29. The Morgan fingerprint density at radius 1 is 1.24 bits per heavy atom. The summed E-state index contributed by atoms with van der Waals surface area (Å²) in [5, 5.41) is 1.93. The molecule has 6 nitrogen and oxygen atoms in total. The van der Waals surface area contributed by atoms with Gasteiger partial charge in [0.05, 0.1) is 12.8 Å². The number of rotatable bonds is 3. The van der Waals surface area contributed by atoms with Crippen molar-refractivity contribution in [1.29, 1.82) is 0 Å². The topological polar surface area (TPSA) is 65.8 Å². The first-order valence-corrected chi connectivity index (χ1v) is 8.25. The van der Waals surface area contributed by atoms with E-state index in [1.165, 1.54) is 0 Å². The van der Waals surface area contributed by atoms with Gasteiger partial charge in [0, 0.05) is 26.2 Å². The van der Waals surface area contributed by atoms with Crippen molar-refractivity contribution in [1.82, 2.24) is 15.1 Å². The van der Waals surface area contributed by atoms with Crippen LogP contribution in [0.1, 0.15) is 18.6 Å². The highest BCUT2D eigenvalue weighted by atomic mass is 19.4. The maximum atomic E-state index is 12.7. The van der Waals surface area contributed by atoms with E-state index in [0.29, 0.717) is 32.7 Å². The van der Waals surface area contributed by atoms with Crippen LogP contribution in [0.4, 0.5) is 13.2 Å². The smallest absolute Gasteiger partial charge is 0.408 e. The molecule has 0 saturated carbocycles. The molecule has 0 bridgehead atoms. The Morgan fingerprint density at radius 2 is 1.96 bits per heavy atom. The first kappa shape index (κ1) is 17.8. The van der Waals surface area contributed by atoms with Gasteiger partial charge in [-0.2, -0.15) is 13.2 Å². The van der Waals surface area contributed by atoms with Crippen molar-refractivity contribution in [3.8, 4) is 0 Å². The molecule has 25 heavy (non-hydrogen) atoms. The number of piperazine rings is 1. The minimum absolute atomic E-state index is 0.0680. The Kier molecular flexibility index (Phi) is 5.03. The number of halogens is 3. The predicted molar refractivity (Wildman–Crippen MR) is 81.3 cm³/mol. The first-order valence-electron chi connectivity index (χ1n) is 8.25. The van der Waals surface area contributed by atoms with E-state index in [9.17, 15) is 22.8 Å². The highest BCUT2D eigenvalue weighted by molar-refractivity contribution is 6.00. The van der Waals surface area contributed by atoms with Gasteiger partial charge in [-0.15, -0.1) is 0 Å². The van der Waals surface area contributed by atoms with Gasteiger partial charge in [0.1, 0.15) is 17.7 Å². The third-order valence-corrected chi connectivity index (χ3v) is 4.71. The number of furan rings is 1. The van der Waals surface area contributed by atoms with Crippen LogP contribution in [0.5, 0.6) is 0 Å². The number of alkyl halides is 3. The van der Waals surface area contributed by atoms with E-state index in [1.54, 1.807) is 11.2 Å². The van der Waals surface area contributed by atoms with Crippen molar-refractivity contribution in [2.24, 2.45) is 5.92 Å². The van der Waals surface area contributed by atoms with Crippen LogP contribution < -0.4 is 5.32 Å². The van der Waals surface area contributed by atoms with Crippen LogP contribution in [0, 0.1) is 5.92 Å². The Hall–Kier alpha value is -2.03. The van der Waals surface area contributed by atoms with Gasteiger partial charge in [-0.25, -0.2) is 0 Å². The molecule has 1 aromatic heterocycles. The molecule has 0 radical (unpaired) electrons. The lowest BCUT2D eigenvalue weighted by atomic mass is 9.92. The van der Waals surface area contributed by atoms with E-state index in [4.69, 9.17) is 4.42 Å². The van der Waals surface area contributed by atoms with Crippen molar-refractivity contribution in [3.05, 3.63) is 24.2 Å². The number of nitrogens with one attached hydrogen (secondary N) is 1. The SMILES string of the molecule is O=C1NC(C(F)(F)F)CCC1C(=O)N1CCN(Cc2ccco2)CC1. The fourth-order valence-corrected chi connectivity index (χ4v) is 3.26. The summed E-state index contributed by atoms with van der Waals surface area (Å²) in [7, 11) is 0. The molecule has 2 saturated heterocycles. The van der Waals surface area contributed by atoms with E-state index >= 15 is 0 Å². The van der Waals surface area contributed by atoms with E-state index in [-0.39, 0.29) is 18.7 Å². The summed E-state index contributed by atoms with van der Waals surface area (Å²) < 4.78 is 43.3. The molecule has 2 amide bonds. The molecule has 2 fully saturated rings. The second-order valence-electron chi connectivity index (χ2n) is 6.41. The van der Waals surface area contributed by atoms with Crippen LogP contribution in [-0.4, -0.2) is 60.0 Å². The first-order chi connectivity index (χ1) is 11.8. The molecule has 3 rings (SSSR count). The average Bonchev–Trinajstić information content (AvgIpc) is 3.07. The fourth-order valence-electron chi connectivity index (χ4n) is 3.26. The molecule has 1 aromatic rings. The van der Waals surface area contributed by atoms with Gasteiger partial charge in [-0.1, -0.05) is 0 Å². The number of hydrogen-bond donors (Lipinski definition) is 1. The molecular weight excluding hydrogens is 339 g/mol. The third-order valence-electron chi connectivity index (χ3n) is 4.71. The lowest BCUT2D eigenvalue weighted by Gasteiger charge is -2.37. The van der Waals surface area contributed by atoms with E-state index < -0.39 is 24.0 Å². The van der Waals surface area contributed by atoms with Gasteiger partial charge in [0.25, 0.3) is 0 Å². The standard InChI is InChI=1S/C16H20F3N3O3/c17-16(18,19)13-4-3-12(14(23)20-13)15(24)22-7-5-21(6-8-22)10-11-2-1-9-25-11/h1-2,9,12-13H,3-8,10H2,(H,20,23). The van der Waals surface area contributed by atoms with E-state index in [2.05, 4.69) is 4.90 Å². The van der Waals surface area contributed by atoms with E-state index in [1.807, 2.05) is 17.4 Å². The van der Waals surface area contributed by atoms with E-state index in [0.717, 1.165) is 5.76 Å². The third kappa shape index (κ3) is 4.15. The van der Waals surface area contributed by atoms with Crippen molar-refractivity contribution >= 4 is 11.8 Å². The van der Waals surface area contributed by atoms with Gasteiger partial charge >= 0.3 is 6.18 Å². The zero-order valence-corrected chi connectivity index (χ0v) is 13.6. The maximum Gasteiger partial charge on any atom is 0.408 e. The number of piperidine rings is 1. The molecule has 0 aromatic carbocycles. The summed E-state index contributed by atoms with van der Waals surface area (Å²) >= 11 is 0. The normalized spacial score (nSPS) is 25.7. The average molecular weight is 359 g/mol. The number of hydrogen-bond acceptors (Lipinski definition) is 4. The molecule has 2 aliphatic rings. The Balaban J connectivity index is 1.50. The number of nitrogens with zero attached hydrogens (tertiary/aromatic N) is 2. The molecule has 2 aliphatic heterocycles. The Morgan fingerprint density at radius 3 is 2.52 bits per heavy atom. The van der Waals surface area contributed by atoms with Crippen LogP contribution in [0.15, 0.2) is 22.8 Å². The highest BCUT2D eigenvalue weighted by Gasteiger charge is 2.46. The van der Waals surface area contributed by atoms with Crippen LogP contribution in [-0.2, 0) is 16.1 Å². The summed E-state index contributed by atoms with van der Waals surface area (Å²) in [4.78, 5) is 28.1. The quantitative estimate of drug-likeness (QED) is 0.828. The van der Waals surface area contributed by atoms with Gasteiger partial charge < -0.3 is 14.6 Å². The van der Waals surface area contributed by atoms with Crippen LogP contribution in [0.25, 0.3) is 0 Å². The molecule has 2 unspecified atom stereocenters. The number of amides is 2. The number of carbonyl (C=O) groups is 2. The predicted octanol–water partition coefficient (Wildman–Crippen LogP) is 1.38. The minimum Gasteiger partial charge on any atom is -0.468 e. The zero-order chi connectivity index (χ0) is 18.0. The van der Waals surface area contributed by atoms with Crippen molar-refractivity contribution in [2.75, 3.05) is 26.2 Å². The van der Waals surface area contributed by atoms with Gasteiger partial charge in [0.2, 0.25) is 11.8 Å². The Labute approximate surface area is 142 Å². The fraction of sp³-hybridized carbons (Fsp3) is 0.625. The zero-order valence-electron chi connectivity index (χ0n) is 13.6. The molecule has 3 heterocycles. The lowest BCUT2D eigenvalue weighted by Crippen LogP contribution is -2.57. The Bertz CT molecular complexity index is 610. The summed E-state index contributed by atoms with van der Waals surface area (Å²) in [5.74, 6) is -1.38. The second kappa shape index (κ2) is 7.07.